The van der Waals surface area contributed by atoms with Gasteiger partial charge in [0.2, 0.25) is 0 Å². The Kier molecular flexibility index (Phi) is 2.31. The number of ether oxygens (including phenoxy) is 1. The van der Waals surface area contributed by atoms with E-state index in [9.17, 15) is 4.79 Å². The van der Waals surface area contributed by atoms with E-state index < -0.39 is 0 Å². The first kappa shape index (κ1) is 12.3. The number of methoxy groups -OCH3 is 1. The number of hydrogen-bond acceptors (Lipinski definition) is 2. The average molecular weight is 248 g/mol. The molecule has 2 saturated carbocycles. The van der Waals surface area contributed by atoms with Crippen molar-refractivity contribution < 1.29 is 9.53 Å². The molecule has 100 valence electrons. The highest BCUT2D eigenvalue weighted by atomic mass is 16.5. The Morgan fingerprint density at radius 2 is 2.11 bits per heavy atom. The van der Waals surface area contributed by atoms with Gasteiger partial charge in [0.05, 0.1) is 12.5 Å². The maximum absolute atomic E-state index is 12.6. The number of allylic oxidation sites excluding steroid dienone is 1. The van der Waals surface area contributed by atoms with Crippen LogP contribution in [0.5, 0.6) is 0 Å². The third-order valence-corrected chi connectivity index (χ3v) is 6.58. The zero-order chi connectivity index (χ0) is 13.2. The second-order valence-corrected chi connectivity index (χ2v) is 6.91. The first-order chi connectivity index (χ1) is 8.44. The minimum atomic E-state index is -0.313. The van der Waals surface area contributed by atoms with E-state index in [0.717, 1.165) is 12.8 Å². The molecule has 4 atom stereocenters. The van der Waals surface area contributed by atoms with E-state index >= 15 is 0 Å². The van der Waals surface area contributed by atoms with Gasteiger partial charge in [0.25, 0.3) is 0 Å². The Balaban J connectivity index is 2.24. The van der Waals surface area contributed by atoms with Crippen molar-refractivity contribution in [1.82, 2.24) is 0 Å². The van der Waals surface area contributed by atoms with Gasteiger partial charge in [0.1, 0.15) is 0 Å². The van der Waals surface area contributed by atoms with Gasteiger partial charge in [0.15, 0.2) is 0 Å². The van der Waals surface area contributed by atoms with Crippen molar-refractivity contribution in [1.29, 1.82) is 0 Å². The molecule has 3 aliphatic rings. The number of esters is 1. The number of carbonyl (C=O) groups is 1. The third kappa shape index (κ3) is 0.972. The molecule has 0 saturated heterocycles. The Morgan fingerprint density at radius 1 is 1.39 bits per heavy atom. The summed E-state index contributed by atoms with van der Waals surface area (Å²) < 4.78 is 5.23. The smallest absolute Gasteiger partial charge is 0.316 e. The van der Waals surface area contributed by atoms with Gasteiger partial charge in [-0.3, -0.25) is 4.79 Å². The molecule has 0 N–H and O–H groups in total. The van der Waals surface area contributed by atoms with E-state index in [2.05, 4.69) is 26.8 Å². The van der Waals surface area contributed by atoms with Crippen molar-refractivity contribution in [3.05, 3.63) is 11.6 Å². The minimum Gasteiger partial charge on any atom is -0.468 e. The molecule has 0 heterocycles. The molecule has 1 spiro atoms. The molecular weight excluding hydrogens is 224 g/mol. The summed E-state index contributed by atoms with van der Waals surface area (Å²) in [5, 5.41) is 0. The lowest BCUT2D eigenvalue weighted by Crippen LogP contribution is -2.49. The zero-order valence-electron chi connectivity index (χ0n) is 12.0. The SMILES string of the molecule is COC(=O)[C@]12CC[C@H](C)[C@]13CCC[C@]3(C)C=C2C. The predicted molar refractivity (Wildman–Crippen MR) is 71.0 cm³/mol. The molecule has 0 aliphatic heterocycles. The summed E-state index contributed by atoms with van der Waals surface area (Å²) in [6.45, 7) is 6.87. The molecule has 18 heavy (non-hydrogen) atoms. The van der Waals surface area contributed by atoms with Crippen molar-refractivity contribution in [3.63, 3.8) is 0 Å². The van der Waals surface area contributed by atoms with E-state index in [-0.39, 0.29) is 22.2 Å². The molecule has 0 aromatic rings. The molecule has 2 heteroatoms. The zero-order valence-corrected chi connectivity index (χ0v) is 12.0. The van der Waals surface area contributed by atoms with Gasteiger partial charge in [-0.15, -0.1) is 0 Å². The summed E-state index contributed by atoms with van der Waals surface area (Å²) in [7, 11) is 1.55. The van der Waals surface area contributed by atoms with Crippen LogP contribution in [0, 0.1) is 22.2 Å². The third-order valence-electron chi connectivity index (χ3n) is 6.58. The minimum absolute atomic E-state index is 0.0197. The van der Waals surface area contributed by atoms with Crippen LogP contribution in [0.2, 0.25) is 0 Å². The first-order valence-electron chi connectivity index (χ1n) is 7.23. The van der Waals surface area contributed by atoms with Crippen molar-refractivity contribution >= 4 is 5.97 Å². The van der Waals surface area contributed by atoms with E-state index in [1.54, 1.807) is 7.11 Å². The molecule has 0 amide bonds. The Hall–Kier alpha value is -0.790. The lowest BCUT2D eigenvalue weighted by molar-refractivity contribution is -0.160. The summed E-state index contributed by atoms with van der Waals surface area (Å²) in [6.07, 6.45) is 8.23. The van der Waals surface area contributed by atoms with Gasteiger partial charge in [-0.05, 0) is 43.9 Å². The van der Waals surface area contributed by atoms with Crippen molar-refractivity contribution in [2.45, 2.75) is 52.9 Å². The summed E-state index contributed by atoms with van der Waals surface area (Å²) in [5.41, 5.74) is 1.31. The predicted octanol–water partition coefficient (Wildman–Crippen LogP) is 3.71. The van der Waals surface area contributed by atoms with Crippen LogP contribution in [0.1, 0.15) is 52.9 Å². The molecule has 0 aromatic carbocycles. The van der Waals surface area contributed by atoms with Crippen molar-refractivity contribution in [2.24, 2.45) is 22.2 Å². The van der Waals surface area contributed by atoms with Crippen LogP contribution in [0.3, 0.4) is 0 Å². The molecule has 0 unspecified atom stereocenters. The van der Waals surface area contributed by atoms with Gasteiger partial charge in [-0.1, -0.05) is 31.9 Å². The quantitative estimate of drug-likeness (QED) is 0.522. The topological polar surface area (TPSA) is 26.3 Å². The second-order valence-electron chi connectivity index (χ2n) is 6.91. The molecule has 3 rings (SSSR count). The number of rotatable bonds is 1. The molecule has 0 bridgehead atoms. The molecule has 0 aromatic heterocycles. The van der Waals surface area contributed by atoms with E-state index in [1.807, 2.05) is 0 Å². The fourth-order valence-corrected chi connectivity index (χ4v) is 6.05. The lowest BCUT2D eigenvalue weighted by atomic mass is 9.55. The maximum Gasteiger partial charge on any atom is 0.316 e. The van der Waals surface area contributed by atoms with E-state index in [1.165, 1.54) is 24.8 Å². The normalized spacial score (nSPS) is 49.8. The van der Waals surface area contributed by atoms with Crippen LogP contribution in [0.4, 0.5) is 0 Å². The van der Waals surface area contributed by atoms with Gasteiger partial charge in [-0.25, -0.2) is 0 Å². The molecule has 0 radical (unpaired) electrons. The Morgan fingerprint density at radius 3 is 2.78 bits per heavy atom. The van der Waals surface area contributed by atoms with Crippen LogP contribution >= 0.6 is 0 Å². The highest BCUT2D eigenvalue weighted by Crippen LogP contribution is 2.77. The number of hydrogen-bond donors (Lipinski definition) is 0. The highest BCUT2D eigenvalue weighted by molar-refractivity contribution is 5.84. The van der Waals surface area contributed by atoms with Crippen LogP contribution in [0.25, 0.3) is 0 Å². The standard InChI is InChI=1S/C16H24O2/c1-11-6-9-15(13(17)18-4)12(2)10-14(3)7-5-8-16(11,14)15/h10-11H,5-9H2,1-4H3/t11-,14+,15+,16-/m0/s1. The van der Waals surface area contributed by atoms with Crippen LogP contribution in [-0.2, 0) is 9.53 Å². The fraction of sp³-hybridized carbons (Fsp3) is 0.812. The van der Waals surface area contributed by atoms with Gasteiger partial charge < -0.3 is 4.74 Å². The van der Waals surface area contributed by atoms with Crippen molar-refractivity contribution in [3.8, 4) is 0 Å². The van der Waals surface area contributed by atoms with Gasteiger partial charge in [-0.2, -0.15) is 0 Å². The summed E-state index contributed by atoms with van der Waals surface area (Å²) in [4.78, 5) is 12.6. The van der Waals surface area contributed by atoms with Crippen LogP contribution in [-0.4, -0.2) is 13.1 Å². The Labute approximate surface area is 110 Å². The van der Waals surface area contributed by atoms with Gasteiger partial charge in [0, 0.05) is 5.41 Å². The summed E-state index contributed by atoms with van der Waals surface area (Å²) in [5.74, 6) is 0.643. The molecule has 2 nitrogen and oxygen atoms in total. The largest absolute Gasteiger partial charge is 0.468 e. The molecule has 3 aliphatic carbocycles. The fourth-order valence-electron chi connectivity index (χ4n) is 6.05. The Bertz CT molecular complexity index is 438. The highest BCUT2D eigenvalue weighted by Gasteiger charge is 2.74. The average Bonchev–Trinajstić information content (AvgIpc) is 2.87. The van der Waals surface area contributed by atoms with Crippen LogP contribution in [0.15, 0.2) is 11.6 Å². The summed E-state index contributed by atoms with van der Waals surface area (Å²) in [6, 6.07) is 0. The first-order valence-corrected chi connectivity index (χ1v) is 7.23. The monoisotopic (exact) mass is 248 g/mol. The summed E-state index contributed by atoms with van der Waals surface area (Å²) >= 11 is 0. The van der Waals surface area contributed by atoms with Crippen LogP contribution < -0.4 is 0 Å². The maximum atomic E-state index is 12.6. The van der Waals surface area contributed by atoms with Gasteiger partial charge >= 0.3 is 5.97 Å². The van der Waals surface area contributed by atoms with E-state index in [0.29, 0.717) is 5.92 Å². The lowest BCUT2D eigenvalue weighted by Gasteiger charge is -2.47. The molecular formula is C16H24O2. The van der Waals surface area contributed by atoms with Crippen molar-refractivity contribution in [2.75, 3.05) is 7.11 Å². The molecule has 2 fully saturated rings. The van der Waals surface area contributed by atoms with E-state index in [4.69, 9.17) is 4.74 Å². The second kappa shape index (κ2) is 3.40. The number of carbonyl (C=O) groups excluding carboxylic acids is 1.